The van der Waals surface area contributed by atoms with Crippen LogP contribution in [0.25, 0.3) is 0 Å². The van der Waals surface area contributed by atoms with E-state index in [0.29, 0.717) is 0 Å². The Bertz CT molecular complexity index is 543. The van der Waals surface area contributed by atoms with Crippen molar-refractivity contribution in [2.45, 2.75) is 20.4 Å². The zero-order chi connectivity index (χ0) is 13.3. The minimum atomic E-state index is 0.834. The molecule has 0 bridgehead atoms. The molecule has 0 spiro atoms. The summed E-state index contributed by atoms with van der Waals surface area (Å²) in [5, 5.41) is 4.41. The predicted molar refractivity (Wildman–Crippen MR) is 78.9 cm³/mol. The van der Waals surface area contributed by atoms with E-state index in [1.165, 1.54) is 16.9 Å². The highest BCUT2D eigenvalue weighted by Gasteiger charge is 2.12. The van der Waals surface area contributed by atoms with Gasteiger partial charge in [0.1, 0.15) is 0 Å². The normalized spacial score (nSPS) is 10.7. The van der Waals surface area contributed by atoms with Crippen molar-refractivity contribution >= 4 is 21.6 Å². The Balaban J connectivity index is 2.21. The van der Waals surface area contributed by atoms with Gasteiger partial charge in [-0.2, -0.15) is 5.10 Å². The van der Waals surface area contributed by atoms with Crippen LogP contribution < -0.4 is 4.90 Å². The van der Waals surface area contributed by atoms with Crippen molar-refractivity contribution in [1.82, 2.24) is 9.78 Å². The van der Waals surface area contributed by atoms with E-state index in [2.05, 4.69) is 64.2 Å². The molecule has 0 unspecified atom stereocenters. The molecule has 0 saturated carbocycles. The number of aromatic nitrogens is 2. The smallest absolute Gasteiger partial charge is 0.0739 e. The lowest BCUT2D eigenvalue weighted by Crippen LogP contribution is -2.18. The molecule has 0 aliphatic rings. The summed E-state index contributed by atoms with van der Waals surface area (Å²) in [5.41, 5.74) is 4.72. The molecule has 0 fully saturated rings. The first-order chi connectivity index (χ1) is 8.49. The maximum absolute atomic E-state index is 4.41. The largest absolute Gasteiger partial charge is 0.369 e. The summed E-state index contributed by atoms with van der Waals surface area (Å²) < 4.78 is 3.04. The maximum Gasteiger partial charge on any atom is 0.0739 e. The van der Waals surface area contributed by atoms with E-state index in [-0.39, 0.29) is 0 Å². The summed E-state index contributed by atoms with van der Waals surface area (Å²) in [7, 11) is 4.08. The lowest BCUT2D eigenvalue weighted by atomic mass is 10.2. The fourth-order valence-electron chi connectivity index (χ4n) is 1.97. The van der Waals surface area contributed by atoms with E-state index in [0.717, 1.165) is 16.7 Å². The Morgan fingerprint density at radius 1 is 1.22 bits per heavy atom. The number of halogens is 1. The van der Waals surface area contributed by atoms with Gasteiger partial charge in [0.05, 0.1) is 22.4 Å². The molecule has 1 aromatic carbocycles. The fraction of sp³-hybridized carbons (Fsp3) is 0.357. The van der Waals surface area contributed by atoms with Crippen molar-refractivity contribution in [3.05, 3.63) is 45.7 Å². The Kier molecular flexibility index (Phi) is 3.76. The molecule has 1 aromatic heterocycles. The third-order valence-electron chi connectivity index (χ3n) is 3.12. The van der Waals surface area contributed by atoms with Crippen LogP contribution in [0.2, 0.25) is 0 Å². The molecule has 0 saturated heterocycles. The van der Waals surface area contributed by atoms with Crippen LogP contribution in [0.15, 0.2) is 28.7 Å². The number of nitrogens with zero attached hydrogens (tertiary/aromatic N) is 3. The number of hydrogen-bond acceptors (Lipinski definition) is 2. The summed E-state index contributed by atoms with van der Waals surface area (Å²) in [5.74, 6) is 0. The van der Waals surface area contributed by atoms with Crippen molar-refractivity contribution < 1.29 is 0 Å². The van der Waals surface area contributed by atoms with Crippen molar-refractivity contribution in [3.63, 3.8) is 0 Å². The standard InChI is InChI=1S/C14H18BrN3/c1-10-5-7-12(8-6-10)17(3)9-13-14(15)11(2)16-18(13)4/h5-8H,9H2,1-4H3. The zero-order valence-corrected chi connectivity index (χ0v) is 12.8. The number of rotatable bonds is 3. The highest BCUT2D eigenvalue weighted by molar-refractivity contribution is 9.10. The van der Waals surface area contributed by atoms with Gasteiger partial charge in [0.2, 0.25) is 0 Å². The van der Waals surface area contributed by atoms with Gasteiger partial charge < -0.3 is 4.90 Å². The van der Waals surface area contributed by atoms with Crippen LogP contribution >= 0.6 is 15.9 Å². The second kappa shape index (κ2) is 5.14. The number of benzene rings is 1. The van der Waals surface area contributed by atoms with Gasteiger partial charge in [-0.05, 0) is 41.9 Å². The van der Waals surface area contributed by atoms with Crippen LogP contribution in [0.3, 0.4) is 0 Å². The van der Waals surface area contributed by atoms with Gasteiger partial charge >= 0.3 is 0 Å². The zero-order valence-electron chi connectivity index (χ0n) is 11.2. The Labute approximate surface area is 117 Å². The molecular weight excluding hydrogens is 290 g/mol. The first-order valence-corrected chi connectivity index (χ1v) is 6.74. The molecule has 0 aliphatic heterocycles. The van der Waals surface area contributed by atoms with Crippen LogP contribution in [0, 0.1) is 13.8 Å². The minimum Gasteiger partial charge on any atom is -0.369 e. The van der Waals surface area contributed by atoms with Gasteiger partial charge in [0, 0.05) is 19.8 Å². The first kappa shape index (κ1) is 13.1. The van der Waals surface area contributed by atoms with Crippen molar-refractivity contribution in [3.8, 4) is 0 Å². The SMILES string of the molecule is Cc1ccc(N(C)Cc2c(Br)c(C)nn2C)cc1. The Morgan fingerprint density at radius 3 is 2.33 bits per heavy atom. The molecule has 3 nitrogen and oxygen atoms in total. The van der Waals surface area contributed by atoms with Gasteiger partial charge in [-0.15, -0.1) is 0 Å². The van der Waals surface area contributed by atoms with E-state index in [4.69, 9.17) is 0 Å². The van der Waals surface area contributed by atoms with Crippen molar-refractivity contribution in [2.75, 3.05) is 11.9 Å². The number of anilines is 1. The quantitative estimate of drug-likeness (QED) is 0.866. The van der Waals surface area contributed by atoms with E-state index in [9.17, 15) is 0 Å². The van der Waals surface area contributed by atoms with Crippen LogP contribution in [0.1, 0.15) is 17.0 Å². The van der Waals surface area contributed by atoms with E-state index < -0.39 is 0 Å². The molecule has 0 N–H and O–H groups in total. The summed E-state index contributed by atoms with van der Waals surface area (Å²) in [6, 6.07) is 8.56. The van der Waals surface area contributed by atoms with Gasteiger partial charge in [-0.1, -0.05) is 17.7 Å². The molecule has 1 heterocycles. The molecule has 0 radical (unpaired) electrons. The Morgan fingerprint density at radius 2 is 1.83 bits per heavy atom. The molecule has 0 atom stereocenters. The second-order valence-electron chi connectivity index (χ2n) is 4.66. The first-order valence-electron chi connectivity index (χ1n) is 5.95. The number of hydrogen-bond donors (Lipinski definition) is 0. The highest BCUT2D eigenvalue weighted by Crippen LogP contribution is 2.23. The summed E-state index contributed by atoms with van der Waals surface area (Å²) >= 11 is 3.60. The van der Waals surface area contributed by atoms with Crippen LogP contribution in [-0.4, -0.2) is 16.8 Å². The number of aryl methyl sites for hydroxylation is 3. The third kappa shape index (κ3) is 2.58. The molecular formula is C14H18BrN3. The van der Waals surface area contributed by atoms with Crippen molar-refractivity contribution in [1.29, 1.82) is 0 Å². The van der Waals surface area contributed by atoms with Crippen LogP contribution in [-0.2, 0) is 13.6 Å². The highest BCUT2D eigenvalue weighted by atomic mass is 79.9. The molecule has 0 aliphatic carbocycles. The Hall–Kier alpha value is -1.29. The second-order valence-corrected chi connectivity index (χ2v) is 5.45. The predicted octanol–water partition coefficient (Wildman–Crippen LogP) is 3.44. The maximum atomic E-state index is 4.41. The average Bonchev–Trinajstić information content (AvgIpc) is 2.57. The molecule has 18 heavy (non-hydrogen) atoms. The van der Waals surface area contributed by atoms with Gasteiger partial charge in [-0.3, -0.25) is 4.68 Å². The van der Waals surface area contributed by atoms with Crippen LogP contribution in [0.5, 0.6) is 0 Å². The summed E-state index contributed by atoms with van der Waals surface area (Å²) in [4.78, 5) is 2.22. The summed E-state index contributed by atoms with van der Waals surface area (Å²) in [6.45, 7) is 4.95. The lowest BCUT2D eigenvalue weighted by molar-refractivity contribution is 0.693. The molecule has 0 amide bonds. The van der Waals surface area contributed by atoms with Gasteiger partial charge in [-0.25, -0.2) is 0 Å². The van der Waals surface area contributed by atoms with E-state index >= 15 is 0 Å². The minimum absolute atomic E-state index is 0.834. The molecule has 96 valence electrons. The molecule has 4 heteroatoms. The van der Waals surface area contributed by atoms with Crippen molar-refractivity contribution in [2.24, 2.45) is 7.05 Å². The molecule has 2 rings (SSSR count). The third-order valence-corrected chi connectivity index (χ3v) is 4.15. The lowest BCUT2D eigenvalue weighted by Gasteiger charge is -2.19. The van der Waals surface area contributed by atoms with E-state index in [1.54, 1.807) is 0 Å². The fourth-order valence-corrected chi connectivity index (χ4v) is 2.43. The topological polar surface area (TPSA) is 21.1 Å². The monoisotopic (exact) mass is 307 g/mol. The van der Waals surface area contributed by atoms with Gasteiger partial charge in [0.25, 0.3) is 0 Å². The summed E-state index contributed by atoms with van der Waals surface area (Å²) in [6.07, 6.45) is 0. The molecule has 2 aromatic rings. The van der Waals surface area contributed by atoms with E-state index in [1.807, 2.05) is 18.7 Å². The average molecular weight is 308 g/mol. The van der Waals surface area contributed by atoms with Gasteiger partial charge in [0.15, 0.2) is 0 Å². The van der Waals surface area contributed by atoms with Crippen LogP contribution in [0.4, 0.5) is 5.69 Å².